The van der Waals surface area contributed by atoms with Crippen molar-refractivity contribution in [1.29, 1.82) is 0 Å². The summed E-state index contributed by atoms with van der Waals surface area (Å²) in [6.07, 6.45) is 1.52. The van der Waals surface area contributed by atoms with Gasteiger partial charge >= 0.3 is 5.97 Å². The molecule has 0 aromatic carbocycles. The van der Waals surface area contributed by atoms with Crippen LogP contribution in [-0.2, 0) is 16.1 Å². The summed E-state index contributed by atoms with van der Waals surface area (Å²) < 4.78 is 5.02. The number of furan rings is 1. The van der Waals surface area contributed by atoms with Gasteiger partial charge in [-0.3, -0.25) is 14.9 Å². The molecule has 0 saturated heterocycles. The zero-order valence-electron chi connectivity index (χ0n) is 8.90. The van der Waals surface area contributed by atoms with E-state index in [1.165, 1.54) is 13.2 Å². The van der Waals surface area contributed by atoms with E-state index in [0.29, 0.717) is 12.3 Å². The van der Waals surface area contributed by atoms with Gasteiger partial charge in [-0.25, -0.2) is 0 Å². The number of nitrogens with one attached hydrogen (secondary N) is 2. The highest BCUT2D eigenvalue weighted by Crippen LogP contribution is 1.97. The zero-order chi connectivity index (χ0) is 12.0. The number of rotatable bonds is 6. The fourth-order valence-electron chi connectivity index (χ4n) is 0.994. The second-order valence-corrected chi connectivity index (χ2v) is 3.30. The molecule has 1 aromatic heterocycles. The van der Waals surface area contributed by atoms with Gasteiger partial charge in [0.25, 0.3) is 0 Å². The van der Waals surface area contributed by atoms with Crippen molar-refractivity contribution in [2.45, 2.75) is 19.5 Å². The fourth-order valence-corrected chi connectivity index (χ4v) is 0.994. The molecular weight excluding hydrogens is 212 g/mol. The lowest BCUT2D eigenvalue weighted by molar-refractivity contribution is -0.139. The maximum atomic E-state index is 11.3. The number of hydrogen-bond acceptors (Lipinski definition) is 4. The van der Waals surface area contributed by atoms with Gasteiger partial charge in [0.15, 0.2) is 0 Å². The van der Waals surface area contributed by atoms with E-state index in [9.17, 15) is 9.59 Å². The van der Waals surface area contributed by atoms with Gasteiger partial charge in [-0.15, -0.1) is 0 Å². The van der Waals surface area contributed by atoms with Crippen LogP contribution in [-0.4, -0.2) is 29.6 Å². The molecule has 6 heteroatoms. The Bertz CT molecular complexity index is 348. The van der Waals surface area contributed by atoms with Crippen molar-refractivity contribution >= 4 is 11.9 Å². The van der Waals surface area contributed by atoms with E-state index < -0.39 is 12.0 Å². The van der Waals surface area contributed by atoms with Gasteiger partial charge < -0.3 is 14.8 Å². The van der Waals surface area contributed by atoms with Gasteiger partial charge in [0.2, 0.25) is 5.91 Å². The van der Waals surface area contributed by atoms with E-state index in [4.69, 9.17) is 9.52 Å². The second kappa shape index (κ2) is 5.92. The normalized spacial score (nSPS) is 12.1. The zero-order valence-corrected chi connectivity index (χ0v) is 8.90. The Morgan fingerprint density at radius 3 is 2.88 bits per heavy atom. The molecule has 1 aromatic rings. The minimum absolute atomic E-state index is 0.0336. The van der Waals surface area contributed by atoms with E-state index in [0.717, 1.165) is 0 Å². The van der Waals surface area contributed by atoms with Crippen LogP contribution < -0.4 is 10.6 Å². The maximum Gasteiger partial charge on any atom is 0.320 e. The number of carbonyl (C=O) groups is 2. The molecule has 88 valence electrons. The van der Waals surface area contributed by atoms with Crippen molar-refractivity contribution in [3.05, 3.63) is 24.2 Å². The average molecular weight is 226 g/mol. The van der Waals surface area contributed by atoms with Crippen LogP contribution in [0.2, 0.25) is 0 Å². The van der Waals surface area contributed by atoms with Crippen LogP contribution in [0.4, 0.5) is 0 Å². The molecule has 0 fully saturated rings. The predicted octanol–water partition coefficient (Wildman–Crippen LogP) is -0.0415. The molecule has 0 spiro atoms. The van der Waals surface area contributed by atoms with Crippen molar-refractivity contribution in [2.24, 2.45) is 0 Å². The fraction of sp³-hybridized carbons (Fsp3) is 0.400. The molecule has 1 rings (SSSR count). The lowest BCUT2D eigenvalue weighted by Crippen LogP contribution is -2.41. The van der Waals surface area contributed by atoms with Gasteiger partial charge in [-0.05, 0) is 19.1 Å². The van der Waals surface area contributed by atoms with E-state index in [-0.39, 0.29) is 12.5 Å². The van der Waals surface area contributed by atoms with Gasteiger partial charge in [0.1, 0.15) is 11.8 Å². The summed E-state index contributed by atoms with van der Waals surface area (Å²) in [7, 11) is 0. The Hall–Kier alpha value is -1.82. The van der Waals surface area contributed by atoms with Crippen LogP contribution in [0.1, 0.15) is 12.7 Å². The molecule has 16 heavy (non-hydrogen) atoms. The molecule has 3 N–H and O–H groups in total. The lowest BCUT2D eigenvalue weighted by Gasteiger charge is -2.08. The summed E-state index contributed by atoms with van der Waals surface area (Å²) in [5.41, 5.74) is 0. The summed E-state index contributed by atoms with van der Waals surface area (Å²) in [5, 5.41) is 13.7. The Balaban J connectivity index is 2.19. The third-order valence-electron chi connectivity index (χ3n) is 1.98. The Morgan fingerprint density at radius 2 is 2.31 bits per heavy atom. The number of carboxylic acid groups (broad SMARTS) is 1. The molecule has 1 amide bonds. The molecule has 1 heterocycles. The van der Waals surface area contributed by atoms with Gasteiger partial charge in [-0.1, -0.05) is 0 Å². The molecular formula is C10H14N2O4. The van der Waals surface area contributed by atoms with Crippen LogP contribution >= 0.6 is 0 Å². The monoisotopic (exact) mass is 226 g/mol. The highest BCUT2D eigenvalue weighted by molar-refractivity contribution is 5.79. The summed E-state index contributed by atoms with van der Waals surface area (Å²) in [6.45, 7) is 1.74. The van der Waals surface area contributed by atoms with Crippen LogP contribution in [0.3, 0.4) is 0 Å². The van der Waals surface area contributed by atoms with E-state index in [1.807, 2.05) is 0 Å². The second-order valence-electron chi connectivity index (χ2n) is 3.30. The van der Waals surface area contributed by atoms with Crippen LogP contribution in [0.25, 0.3) is 0 Å². The molecule has 1 atom stereocenters. The molecule has 0 aliphatic carbocycles. The number of hydrogen-bond donors (Lipinski definition) is 3. The number of carboxylic acids is 1. The molecule has 0 radical (unpaired) electrons. The van der Waals surface area contributed by atoms with Gasteiger partial charge in [-0.2, -0.15) is 0 Å². The minimum atomic E-state index is -0.987. The number of amides is 1. The highest BCUT2D eigenvalue weighted by atomic mass is 16.4. The van der Waals surface area contributed by atoms with E-state index in [1.54, 1.807) is 12.1 Å². The molecule has 0 saturated carbocycles. The van der Waals surface area contributed by atoms with Gasteiger partial charge in [0, 0.05) is 0 Å². The predicted molar refractivity (Wildman–Crippen MR) is 55.7 cm³/mol. The first-order valence-electron chi connectivity index (χ1n) is 4.85. The van der Waals surface area contributed by atoms with Crippen LogP contribution in [0, 0.1) is 0 Å². The van der Waals surface area contributed by atoms with Crippen molar-refractivity contribution < 1.29 is 19.1 Å². The standard InChI is InChI=1S/C10H14N2O4/c1-7(10(14)15)11-6-9(13)12-5-8-3-2-4-16-8/h2-4,7,11H,5-6H2,1H3,(H,12,13)(H,14,15)/t7-/m0/s1. The molecule has 0 bridgehead atoms. The largest absolute Gasteiger partial charge is 0.480 e. The third kappa shape index (κ3) is 4.14. The third-order valence-corrected chi connectivity index (χ3v) is 1.98. The lowest BCUT2D eigenvalue weighted by atomic mass is 10.3. The number of carbonyl (C=O) groups excluding carboxylic acids is 1. The summed E-state index contributed by atoms with van der Waals surface area (Å²) >= 11 is 0. The summed E-state index contributed by atoms with van der Waals surface area (Å²) in [6, 6.07) is 2.73. The Morgan fingerprint density at radius 1 is 1.56 bits per heavy atom. The summed E-state index contributed by atoms with van der Waals surface area (Å²) in [4.78, 5) is 21.7. The van der Waals surface area contributed by atoms with Crippen molar-refractivity contribution in [3.8, 4) is 0 Å². The first kappa shape index (κ1) is 12.3. The van der Waals surface area contributed by atoms with Crippen molar-refractivity contribution in [1.82, 2.24) is 10.6 Å². The first-order valence-corrected chi connectivity index (χ1v) is 4.85. The first-order chi connectivity index (χ1) is 7.59. The maximum absolute atomic E-state index is 11.3. The average Bonchev–Trinajstić information content (AvgIpc) is 2.75. The quantitative estimate of drug-likeness (QED) is 0.633. The molecule has 6 nitrogen and oxygen atoms in total. The Labute approximate surface area is 92.6 Å². The Kier molecular flexibility index (Phi) is 4.53. The van der Waals surface area contributed by atoms with E-state index in [2.05, 4.69) is 10.6 Å². The topological polar surface area (TPSA) is 91.6 Å². The highest BCUT2D eigenvalue weighted by Gasteiger charge is 2.11. The van der Waals surface area contributed by atoms with E-state index >= 15 is 0 Å². The number of aliphatic carboxylic acids is 1. The smallest absolute Gasteiger partial charge is 0.320 e. The molecule has 0 aliphatic rings. The van der Waals surface area contributed by atoms with Crippen molar-refractivity contribution in [2.75, 3.05) is 6.54 Å². The molecule has 0 aliphatic heterocycles. The van der Waals surface area contributed by atoms with Crippen LogP contribution in [0.15, 0.2) is 22.8 Å². The minimum Gasteiger partial charge on any atom is -0.480 e. The van der Waals surface area contributed by atoms with Crippen LogP contribution in [0.5, 0.6) is 0 Å². The molecule has 0 unspecified atom stereocenters. The van der Waals surface area contributed by atoms with Crippen molar-refractivity contribution in [3.63, 3.8) is 0 Å². The van der Waals surface area contributed by atoms with Gasteiger partial charge in [0.05, 0.1) is 19.4 Å². The summed E-state index contributed by atoms with van der Waals surface area (Å²) in [5.74, 6) is -0.608. The SMILES string of the molecule is C[C@H](NCC(=O)NCc1ccco1)C(=O)O.